The third-order valence-corrected chi connectivity index (χ3v) is 5.89. The van der Waals surface area contributed by atoms with Crippen LogP contribution in [-0.4, -0.2) is 29.0 Å². The van der Waals surface area contributed by atoms with Crippen LogP contribution in [-0.2, 0) is 11.4 Å². The molecule has 28 heavy (non-hydrogen) atoms. The molecule has 0 aliphatic carbocycles. The average Bonchev–Trinajstić information content (AvgIpc) is 3.08. The molecule has 2 heterocycles. The van der Waals surface area contributed by atoms with E-state index in [0.29, 0.717) is 34.7 Å². The third-order valence-electron chi connectivity index (χ3n) is 4.37. The van der Waals surface area contributed by atoms with Crippen LogP contribution in [0.3, 0.4) is 0 Å². The van der Waals surface area contributed by atoms with Crippen LogP contribution in [0.25, 0.3) is 0 Å². The number of anilines is 1. The maximum atomic E-state index is 11.9. The van der Waals surface area contributed by atoms with Crippen LogP contribution in [0.4, 0.5) is 5.82 Å². The van der Waals surface area contributed by atoms with Gasteiger partial charge in [0.05, 0.1) is 24.3 Å². The van der Waals surface area contributed by atoms with Crippen molar-refractivity contribution in [2.45, 2.75) is 11.9 Å². The molecule has 8 heteroatoms. The smallest absolute Gasteiger partial charge is 0.235 e. The SMILES string of the molecule is COc1ccc([C@@H]2SCC(=O)Nc3[nH]ncc32)cc1OCc1cccc(Cl)c1. The second-order valence-corrected chi connectivity index (χ2v) is 7.80. The Bertz CT molecular complexity index is 1010. The number of rotatable bonds is 5. The number of hydrogen-bond acceptors (Lipinski definition) is 5. The van der Waals surface area contributed by atoms with Gasteiger partial charge in [0.2, 0.25) is 5.91 Å². The quantitative estimate of drug-likeness (QED) is 0.644. The molecule has 1 amide bonds. The van der Waals surface area contributed by atoms with Crippen molar-refractivity contribution in [3.05, 3.63) is 70.4 Å². The summed E-state index contributed by atoms with van der Waals surface area (Å²) in [6.45, 7) is 0.370. The summed E-state index contributed by atoms with van der Waals surface area (Å²) >= 11 is 7.60. The summed E-state index contributed by atoms with van der Waals surface area (Å²) in [6, 6.07) is 13.4. The number of nitrogens with zero attached hydrogens (tertiary/aromatic N) is 1. The zero-order valence-electron chi connectivity index (χ0n) is 15.1. The van der Waals surface area contributed by atoms with E-state index in [1.807, 2.05) is 42.5 Å². The normalized spacial score (nSPS) is 16.1. The number of hydrogen-bond donors (Lipinski definition) is 2. The van der Waals surface area contributed by atoms with Crippen molar-refractivity contribution in [1.29, 1.82) is 0 Å². The zero-order valence-corrected chi connectivity index (χ0v) is 16.6. The standard InChI is InChI=1S/C20H18ClN3O3S/c1-26-16-6-5-13(8-17(16)27-10-12-3-2-4-14(21)7-12)19-15-9-22-24-20(15)23-18(25)11-28-19/h2-9,19H,10-11H2,1H3,(H2,22,23,24,25)/t19-/m0/s1. The Morgan fingerprint density at radius 2 is 2.14 bits per heavy atom. The number of aromatic amines is 1. The molecule has 0 bridgehead atoms. The van der Waals surface area contributed by atoms with Crippen LogP contribution in [0.5, 0.6) is 11.5 Å². The van der Waals surface area contributed by atoms with Gasteiger partial charge in [-0.25, -0.2) is 0 Å². The van der Waals surface area contributed by atoms with Crippen LogP contribution in [0.1, 0.15) is 21.9 Å². The fraction of sp³-hybridized carbons (Fsp3) is 0.200. The lowest BCUT2D eigenvalue weighted by atomic mass is 10.1. The zero-order chi connectivity index (χ0) is 19.5. The van der Waals surface area contributed by atoms with Crippen LogP contribution in [0.15, 0.2) is 48.7 Å². The highest BCUT2D eigenvalue weighted by Crippen LogP contribution is 2.43. The first kappa shape index (κ1) is 18.7. The number of carbonyl (C=O) groups excluding carboxylic acids is 1. The van der Waals surface area contributed by atoms with Gasteiger partial charge in [0.1, 0.15) is 12.4 Å². The summed E-state index contributed by atoms with van der Waals surface area (Å²) in [4.78, 5) is 11.9. The van der Waals surface area contributed by atoms with Crippen molar-refractivity contribution < 1.29 is 14.3 Å². The highest BCUT2D eigenvalue weighted by Gasteiger charge is 2.26. The highest BCUT2D eigenvalue weighted by atomic mass is 35.5. The molecule has 2 aromatic carbocycles. The van der Waals surface area contributed by atoms with Gasteiger partial charge in [0.25, 0.3) is 0 Å². The van der Waals surface area contributed by atoms with Crippen molar-refractivity contribution in [2.24, 2.45) is 0 Å². The number of benzene rings is 2. The first-order valence-corrected chi connectivity index (χ1v) is 10.1. The van der Waals surface area contributed by atoms with E-state index in [9.17, 15) is 4.79 Å². The number of thioether (sulfide) groups is 1. The molecule has 0 saturated carbocycles. The van der Waals surface area contributed by atoms with Gasteiger partial charge in [-0.15, -0.1) is 11.8 Å². The number of halogens is 1. The van der Waals surface area contributed by atoms with Crippen LogP contribution in [0, 0.1) is 0 Å². The molecular weight excluding hydrogens is 398 g/mol. The van der Waals surface area contributed by atoms with Crippen molar-refractivity contribution >= 4 is 35.1 Å². The molecule has 3 aromatic rings. The monoisotopic (exact) mass is 415 g/mol. The summed E-state index contributed by atoms with van der Waals surface area (Å²) < 4.78 is 11.5. The predicted molar refractivity (Wildman–Crippen MR) is 110 cm³/mol. The Hall–Kier alpha value is -2.64. The van der Waals surface area contributed by atoms with E-state index >= 15 is 0 Å². The molecule has 6 nitrogen and oxygen atoms in total. The van der Waals surface area contributed by atoms with Gasteiger partial charge in [-0.3, -0.25) is 9.89 Å². The summed E-state index contributed by atoms with van der Waals surface area (Å²) in [5.41, 5.74) is 2.91. The second-order valence-electron chi connectivity index (χ2n) is 6.27. The summed E-state index contributed by atoms with van der Waals surface area (Å²) in [7, 11) is 1.61. The number of fused-ring (bicyclic) bond motifs is 1. The Kier molecular flexibility index (Phi) is 5.45. The van der Waals surface area contributed by atoms with E-state index < -0.39 is 0 Å². The maximum Gasteiger partial charge on any atom is 0.235 e. The first-order valence-electron chi connectivity index (χ1n) is 8.64. The Labute approximate surface area is 171 Å². The van der Waals surface area contributed by atoms with Crippen molar-refractivity contribution in [1.82, 2.24) is 10.2 Å². The van der Waals surface area contributed by atoms with E-state index in [4.69, 9.17) is 21.1 Å². The molecule has 144 valence electrons. The largest absolute Gasteiger partial charge is 0.493 e. The minimum absolute atomic E-state index is 0.0490. The minimum atomic E-state index is -0.0519. The fourth-order valence-corrected chi connectivity index (χ4v) is 4.35. The number of amides is 1. The van der Waals surface area contributed by atoms with Gasteiger partial charge in [-0.2, -0.15) is 5.10 Å². The van der Waals surface area contributed by atoms with Gasteiger partial charge >= 0.3 is 0 Å². The number of methoxy groups -OCH3 is 1. The van der Waals surface area contributed by atoms with Gasteiger partial charge in [-0.05, 0) is 35.4 Å². The van der Waals surface area contributed by atoms with Gasteiger partial charge in [0.15, 0.2) is 11.5 Å². The Morgan fingerprint density at radius 3 is 2.96 bits per heavy atom. The van der Waals surface area contributed by atoms with Crippen molar-refractivity contribution in [3.8, 4) is 11.5 Å². The van der Waals surface area contributed by atoms with Gasteiger partial charge < -0.3 is 14.8 Å². The number of H-pyrrole nitrogens is 1. The molecule has 1 atom stereocenters. The third kappa shape index (κ3) is 3.95. The number of aromatic nitrogens is 2. The summed E-state index contributed by atoms with van der Waals surface area (Å²) in [5, 5.41) is 10.4. The van der Waals surface area contributed by atoms with Crippen molar-refractivity contribution in [3.63, 3.8) is 0 Å². The lowest BCUT2D eigenvalue weighted by Gasteiger charge is -2.17. The van der Waals surface area contributed by atoms with Crippen LogP contribution in [0.2, 0.25) is 5.02 Å². The molecule has 0 radical (unpaired) electrons. The Morgan fingerprint density at radius 1 is 1.25 bits per heavy atom. The molecule has 4 rings (SSSR count). The van der Waals surface area contributed by atoms with E-state index in [1.54, 1.807) is 25.1 Å². The van der Waals surface area contributed by atoms with Gasteiger partial charge in [0, 0.05) is 10.6 Å². The molecule has 1 aromatic heterocycles. The highest BCUT2D eigenvalue weighted by molar-refractivity contribution is 8.00. The van der Waals surface area contributed by atoms with Crippen LogP contribution >= 0.6 is 23.4 Å². The number of ether oxygens (including phenoxy) is 2. The van der Waals surface area contributed by atoms with Crippen LogP contribution < -0.4 is 14.8 Å². The summed E-state index contributed by atoms with van der Waals surface area (Å²) in [6.07, 6.45) is 1.75. The first-order chi connectivity index (χ1) is 13.6. The van der Waals surface area contributed by atoms with Gasteiger partial charge in [-0.1, -0.05) is 29.8 Å². The number of carbonyl (C=O) groups is 1. The van der Waals surface area contributed by atoms with E-state index in [1.165, 1.54) is 0 Å². The molecule has 0 fully saturated rings. The number of nitrogens with one attached hydrogen (secondary N) is 2. The van der Waals surface area contributed by atoms with E-state index in [2.05, 4.69) is 15.5 Å². The average molecular weight is 416 g/mol. The molecule has 0 spiro atoms. The lowest BCUT2D eigenvalue weighted by molar-refractivity contribution is -0.113. The molecule has 0 saturated heterocycles. The topological polar surface area (TPSA) is 76.2 Å². The molecule has 2 N–H and O–H groups in total. The minimum Gasteiger partial charge on any atom is -0.493 e. The molecule has 0 unspecified atom stereocenters. The molecular formula is C20H18ClN3O3S. The predicted octanol–water partition coefficient (Wildman–Crippen LogP) is 4.43. The molecule has 1 aliphatic rings. The Balaban J connectivity index is 1.62. The lowest BCUT2D eigenvalue weighted by Crippen LogP contribution is -2.12. The second kappa shape index (κ2) is 8.16. The summed E-state index contributed by atoms with van der Waals surface area (Å²) in [5.74, 6) is 2.22. The maximum absolute atomic E-state index is 11.9. The van der Waals surface area contributed by atoms with E-state index in [0.717, 1.165) is 16.7 Å². The van der Waals surface area contributed by atoms with Crippen molar-refractivity contribution in [2.75, 3.05) is 18.2 Å². The molecule has 1 aliphatic heterocycles. The fourth-order valence-electron chi connectivity index (χ4n) is 3.05. The van der Waals surface area contributed by atoms with E-state index in [-0.39, 0.29) is 11.2 Å².